The van der Waals surface area contributed by atoms with Crippen LogP contribution in [0.25, 0.3) is 0 Å². The predicted octanol–water partition coefficient (Wildman–Crippen LogP) is 8.53. The molecule has 1 fully saturated rings. The van der Waals surface area contributed by atoms with Gasteiger partial charge in [-0.25, -0.2) is 0 Å². The molecule has 7 unspecified atom stereocenters. The van der Waals surface area contributed by atoms with Crippen molar-refractivity contribution in [2.75, 3.05) is 6.61 Å². The van der Waals surface area contributed by atoms with Crippen molar-refractivity contribution in [3.63, 3.8) is 0 Å². The molecule has 0 aromatic carbocycles. The Kier molecular flexibility index (Phi) is 15.4. The molecule has 0 N–H and O–H groups in total. The average molecular weight is 381 g/mol. The van der Waals surface area contributed by atoms with Crippen molar-refractivity contribution in [3.05, 3.63) is 12.7 Å². The minimum Gasteiger partial charge on any atom is -0.373 e. The van der Waals surface area contributed by atoms with E-state index in [9.17, 15) is 0 Å². The van der Waals surface area contributed by atoms with Gasteiger partial charge < -0.3 is 4.74 Å². The van der Waals surface area contributed by atoms with Crippen LogP contribution in [-0.4, -0.2) is 12.7 Å². The predicted molar refractivity (Wildman–Crippen MR) is 123 cm³/mol. The first-order valence-electron chi connectivity index (χ1n) is 11.9. The molecule has 0 aromatic rings. The van der Waals surface area contributed by atoms with E-state index in [0.717, 1.165) is 42.1 Å². The Bertz CT molecular complexity index is 346. The van der Waals surface area contributed by atoms with Gasteiger partial charge in [0.15, 0.2) is 0 Å². The van der Waals surface area contributed by atoms with Crippen LogP contribution in [0, 0.1) is 35.5 Å². The molecule has 7 atom stereocenters. The van der Waals surface area contributed by atoms with Crippen molar-refractivity contribution in [2.24, 2.45) is 35.5 Å². The zero-order chi connectivity index (χ0) is 20.8. The van der Waals surface area contributed by atoms with E-state index >= 15 is 0 Å². The van der Waals surface area contributed by atoms with Gasteiger partial charge in [-0.15, -0.1) is 6.58 Å². The summed E-state index contributed by atoms with van der Waals surface area (Å²) in [5, 5.41) is 0. The van der Waals surface area contributed by atoms with Gasteiger partial charge in [-0.05, 0) is 74.0 Å². The molecule has 1 saturated heterocycles. The maximum Gasteiger partial charge on any atom is 0.0812 e. The van der Waals surface area contributed by atoms with Crippen LogP contribution in [-0.2, 0) is 4.74 Å². The first-order chi connectivity index (χ1) is 12.7. The molecule has 1 heterocycles. The van der Waals surface area contributed by atoms with E-state index in [-0.39, 0.29) is 0 Å². The molecule has 0 aromatic heterocycles. The molecule has 0 bridgehead atoms. The van der Waals surface area contributed by atoms with Crippen LogP contribution < -0.4 is 0 Å². The summed E-state index contributed by atoms with van der Waals surface area (Å²) in [6.07, 6.45) is 13.3. The van der Waals surface area contributed by atoms with E-state index in [1.807, 2.05) is 6.08 Å². The molecule has 27 heavy (non-hydrogen) atoms. The Balaban J connectivity index is 0.000000503. The van der Waals surface area contributed by atoms with E-state index in [2.05, 4.69) is 62.0 Å². The Hall–Kier alpha value is -0.300. The lowest BCUT2D eigenvalue weighted by molar-refractivity contribution is 0.301. The SMILES string of the molecule is C=CCC(C)CC(C)CC(C)CC.CCC(C)CC(C)CC(C)CC1CO1. The molecule has 1 nitrogen and oxygen atoms in total. The summed E-state index contributed by atoms with van der Waals surface area (Å²) in [7, 11) is 0. The smallest absolute Gasteiger partial charge is 0.0812 e. The zero-order valence-corrected chi connectivity index (χ0v) is 20.1. The van der Waals surface area contributed by atoms with Crippen LogP contribution in [0.4, 0.5) is 0 Å². The van der Waals surface area contributed by atoms with Crippen molar-refractivity contribution >= 4 is 0 Å². The van der Waals surface area contributed by atoms with Gasteiger partial charge in [0.05, 0.1) is 12.7 Å². The fourth-order valence-electron chi connectivity index (χ4n) is 4.40. The maximum absolute atomic E-state index is 5.26. The van der Waals surface area contributed by atoms with Crippen LogP contribution in [0.2, 0.25) is 0 Å². The Morgan fingerprint density at radius 3 is 1.52 bits per heavy atom. The summed E-state index contributed by atoms with van der Waals surface area (Å²) >= 11 is 0. The van der Waals surface area contributed by atoms with Crippen molar-refractivity contribution in [2.45, 2.75) is 113 Å². The molecule has 0 spiro atoms. The quantitative estimate of drug-likeness (QED) is 0.217. The minimum atomic E-state index is 0.612. The van der Waals surface area contributed by atoms with Gasteiger partial charge in [-0.1, -0.05) is 74.3 Å². The zero-order valence-electron chi connectivity index (χ0n) is 20.1. The van der Waals surface area contributed by atoms with Gasteiger partial charge in [-0.2, -0.15) is 0 Å². The standard InChI is InChI=1S/C13H26O.C13H26/c1-5-10(2)6-11(3)7-12(4)8-13-9-14-13;1-6-8-12(4)10-13(5)9-11(3)7-2/h10-13H,5-9H2,1-4H3;6,11-13H,1,7-10H2,2-5H3. The highest BCUT2D eigenvalue weighted by Gasteiger charge is 2.25. The second-order valence-electron chi connectivity index (χ2n) is 10.1. The van der Waals surface area contributed by atoms with Crippen LogP contribution in [0.3, 0.4) is 0 Å². The minimum absolute atomic E-state index is 0.612. The van der Waals surface area contributed by atoms with Crippen molar-refractivity contribution in [1.82, 2.24) is 0 Å². The van der Waals surface area contributed by atoms with Gasteiger partial charge in [0, 0.05) is 0 Å². The third-order valence-electron chi connectivity index (χ3n) is 6.25. The Labute approximate surface area is 172 Å². The molecule has 1 aliphatic heterocycles. The molecular weight excluding hydrogens is 328 g/mol. The van der Waals surface area contributed by atoms with Crippen molar-refractivity contribution in [3.8, 4) is 0 Å². The number of epoxide rings is 1. The Morgan fingerprint density at radius 1 is 0.741 bits per heavy atom. The van der Waals surface area contributed by atoms with Crippen LogP contribution in [0.15, 0.2) is 12.7 Å². The van der Waals surface area contributed by atoms with E-state index in [1.54, 1.807) is 0 Å². The first-order valence-corrected chi connectivity index (χ1v) is 11.9. The van der Waals surface area contributed by atoms with Crippen LogP contribution in [0.1, 0.15) is 107 Å². The second kappa shape index (κ2) is 15.6. The molecule has 1 rings (SSSR count). The highest BCUT2D eigenvalue weighted by atomic mass is 16.6. The molecule has 0 amide bonds. The highest BCUT2D eigenvalue weighted by molar-refractivity contribution is 4.74. The summed E-state index contributed by atoms with van der Waals surface area (Å²) in [5.41, 5.74) is 0. The number of allylic oxidation sites excluding steroid dienone is 1. The summed E-state index contributed by atoms with van der Waals surface area (Å²) < 4.78 is 5.26. The largest absolute Gasteiger partial charge is 0.373 e. The van der Waals surface area contributed by atoms with E-state index in [4.69, 9.17) is 4.74 Å². The first kappa shape index (κ1) is 26.7. The lowest BCUT2D eigenvalue weighted by Gasteiger charge is -2.19. The average Bonchev–Trinajstić information content (AvgIpc) is 3.38. The lowest BCUT2D eigenvalue weighted by Crippen LogP contribution is -2.09. The number of rotatable bonds is 14. The second-order valence-corrected chi connectivity index (χ2v) is 10.1. The fraction of sp³-hybridized carbons (Fsp3) is 0.923. The number of ether oxygens (including phenoxy) is 1. The topological polar surface area (TPSA) is 12.5 Å². The lowest BCUT2D eigenvalue weighted by atomic mass is 9.87. The third kappa shape index (κ3) is 16.4. The van der Waals surface area contributed by atoms with Crippen molar-refractivity contribution in [1.29, 1.82) is 0 Å². The van der Waals surface area contributed by atoms with E-state index in [0.29, 0.717) is 6.10 Å². The highest BCUT2D eigenvalue weighted by Crippen LogP contribution is 2.27. The molecule has 162 valence electrons. The number of hydrogen-bond acceptors (Lipinski definition) is 1. The van der Waals surface area contributed by atoms with Crippen LogP contribution >= 0.6 is 0 Å². The third-order valence-corrected chi connectivity index (χ3v) is 6.25. The maximum atomic E-state index is 5.26. The van der Waals surface area contributed by atoms with Gasteiger partial charge in [-0.3, -0.25) is 0 Å². The normalized spacial score (nSPS) is 22.6. The van der Waals surface area contributed by atoms with E-state index < -0.39 is 0 Å². The molecule has 0 saturated carbocycles. The van der Waals surface area contributed by atoms with Gasteiger partial charge in [0.2, 0.25) is 0 Å². The monoisotopic (exact) mass is 380 g/mol. The van der Waals surface area contributed by atoms with Gasteiger partial charge in [0.1, 0.15) is 0 Å². The summed E-state index contributed by atoms with van der Waals surface area (Å²) in [6.45, 7) is 23.6. The summed E-state index contributed by atoms with van der Waals surface area (Å²) in [5.74, 6) is 5.22. The molecule has 1 heteroatoms. The van der Waals surface area contributed by atoms with Gasteiger partial charge in [0.25, 0.3) is 0 Å². The summed E-state index contributed by atoms with van der Waals surface area (Å²) in [6, 6.07) is 0. The fourth-order valence-corrected chi connectivity index (χ4v) is 4.40. The molecule has 0 aliphatic carbocycles. The van der Waals surface area contributed by atoms with Gasteiger partial charge >= 0.3 is 0 Å². The summed E-state index contributed by atoms with van der Waals surface area (Å²) in [4.78, 5) is 0. The van der Waals surface area contributed by atoms with Crippen molar-refractivity contribution < 1.29 is 4.74 Å². The Morgan fingerprint density at radius 2 is 1.15 bits per heavy atom. The van der Waals surface area contributed by atoms with Crippen LogP contribution in [0.5, 0.6) is 0 Å². The number of hydrogen-bond donors (Lipinski definition) is 0. The molecule has 0 radical (unpaired) electrons. The molecular formula is C26H52O. The van der Waals surface area contributed by atoms with E-state index in [1.165, 1.54) is 51.4 Å². The molecule has 1 aliphatic rings.